The lowest BCUT2D eigenvalue weighted by atomic mass is 9.59. The number of rotatable bonds is 17. The Morgan fingerprint density at radius 2 is 1.38 bits per heavy atom. The maximum Gasteiger partial charge on any atom is 0.361 e. The molecule has 7 heteroatoms. The zero-order valence-corrected chi connectivity index (χ0v) is 30.6. The third-order valence-electron chi connectivity index (χ3n) is 10.2. The molecule has 2 atom stereocenters. The van der Waals surface area contributed by atoms with Gasteiger partial charge in [-0.25, -0.2) is 8.42 Å². The van der Waals surface area contributed by atoms with Crippen LogP contribution < -0.4 is 0 Å². The predicted molar refractivity (Wildman–Crippen MR) is 199 cm³/mol. The molecule has 0 radical (unpaired) electrons. The third kappa shape index (κ3) is 8.76. The summed E-state index contributed by atoms with van der Waals surface area (Å²) in [7, 11) is -3.93. The molecule has 2 aliphatic rings. The summed E-state index contributed by atoms with van der Waals surface area (Å²) in [5.74, 6) is 0.472. The number of sulfonamides is 1. The second kappa shape index (κ2) is 17.6. The molecule has 0 bridgehead atoms. The lowest BCUT2D eigenvalue weighted by Crippen LogP contribution is -2.43. The van der Waals surface area contributed by atoms with Crippen molar-refractivity contribution in [2.24, 2.45) is 0 Å². The highest BCUT2D eigenvalue weighted by Crippen LogP contribution is 2.40. The Kier molecular flexibility index (Phi) is 13.3. The number of ether oxygens (including phenoxy) is 1. The van der Waals surface area contributed by atoms with Crippen LogP contribution >= 0.6 is 0 Å². The quantitative estimate of drug-likeness (QED) is 0.106. The zero-order chi connectivity index (χ0) is 33.9. The van der Waals surface area contributed by atoms with Crippen molar-refractivity contribution in [3.05, 3.63) is 112 Å². The molecule has 0 saturated carbocycles. The van der Waals surface area contributed by atoms with E-state index in [0.717, 1.165) is 112 Å². The van der Waals surface area contributed by atoms with Gasteiger partial charge in [0, 0.05) is 6.54 Å². The van der Waals surface area contributed by atoms with E-state index in [0.29, 0.717) is 10.8 Å². The number of fused-ring (bicyclic) bond motifs is 2. The van der Waals surface area contributed by atoms with Gasteiger partial charge in [0.15, 0.2) is 0 Å². The van der Waals surface area contributed by atoms with Gasteiger partial charge in [0.1, 0.15) is 6.10 Å². The van der Waals surface area contributed by atoms with Crippen LogP contribution in [0.4, 0.5) is 0 Å². The van der Waals surface area contributed by atoms with Gasteiger partial charge < -0.3 is 9.39 Å². The van der Waals surface area contributed by atoms with Crippen molar-refractivity contribution < 1.29 is 17.8 Å². The molecule has 0 aliphatic heterocycles. The first kappa shape index (κ1) is 36.3. The van der Waals surface area contributed by atoms with Crippen LogP contribution in [0.25, 0.3) is 0 Å². The standard InChI is InChI=1S/C41H56BNO4S/c1-5-8-28-42(29-9-6-2)47-39(7-3)46-40(34-22-14-11-15-23-34)32(4)43(31-33-20-12-10-13-21-33)48(44,45)41-37-26-18-16-24-35(37)30-36-25-17-19-27-38(36)41/h7,10-15,20-23,30,32,40H,5-6,8-9,16-19,24-29,31H2,1-4H3/b39-7-/t32-,40-/m0/s1. The summed E-state index contributed by atoms with van der Waals surface area (Å²) < 4.78 is 46.1. The zero-order valence-electron chi connectivity index (χ0n) is 29.8. The summed E-state index contributed by atoms with van der Waals surface area (Å²) in [6.45, 7) is 8.70. The molecule has 5 rings (SSSR count). The molecular formula is C41H56BNO4S. The van der Waals surface area contributed by atoms with E-state index in [1.54, 1.807) is 4.31 Å². The minimum absolute atomic E-state index is 0.0642. The van der Waals surface area contributed by atoms with Gasteiger partial charge in [0.2, 0.25) is 10.0 Å². The molecule has 48 heavy (non-hydrogen) atoms. The summed E-state index contributed by atoms with van der Waals surface area (Å²) in [4.78, 5) is 0.589. The Hall–Kier alpha value is -3.03. The van der Waals surface area contributed by atoms with Crippen LogP contribution in [0.3, 0.4) is 0 Å². The number of nitrogens with zero attached hydrogens (tertiary/aromatic N) is 1. The average Bonchev–Trinajstić information content (AvgIpc) is 3.12. The number of allylic oxidation sites excluding steroid dienone is 1. The molecule has 5 nitrogen and oxygen atoms in total. The molecule has 3 aromatic carbocycles. The SMILES string of the molecule is C/C=C(\OB(CCCC)CCCC)O[C@H](c1ccccc1)[C@H](C)N(Cc1ccccc1)S(=O)(=O)c1c2c(cc3c1CCCC3)CCCC2. The van der Waals surface area contributed by atoms with Gasteiger partial charge in [-0.2, -0.15) is 4.31 Å². The predicted octanol–water partition coefficient (Wildman–Crippen LogP) is 10.3. The molecular weight excluding hydrogens is 613 g/mol. The minimum Gasteiger partial charge on any atom is -0.536 e. The summed E-state index contributed by atoms with van der Waals surface area (Å²) in [5.41, 5.74) is 6.46. The highest BCUT2D eigenvalue weighted by atomic mass is 32.2. The van der Waals surface area contributed by atoms with Gasteiger partial charge in [-0.1, -0.05) is 106 Å². The molecule has 0 heterocycles. The topological polar surface area (TPSA) is 55.8 Å². The van der Waals surface area contributed by atoms with E-state index < -0.39 is 22.2 Å². The lowest BCUT2D eigenvalue weighted by molar-refractivity contribution is 0.00287. The molecule has 0 spiro atoms. The summed E-state index contributed by atoms with van der Waals surface area (Å²) in [6, 6.07) is 21.9. The molecule has 0 fully saturated rings. The Morgan fingerprint density at radius 1 is 0.833 bits per heavy atom. The van der Waals surface area contributed by atoms with E-state index in [-0.39, 0.29) is 13.5 Å². The molecule has 3 aromatic rings. The number of benzene rings is 3. The molecule has 0 amide bonds. The Balaban J connectivity index is 1.59. The van der Waals surface area contributed by atoms with Gasteiger partial charge in [0.25, 0.3) is 5.95 Å². The van der Waals surface area contributed by atoms with Crippen LogP contribution in [0.1, 0.15) is 119 Å². The maximum absolute atomic E-state index is 15.5. The van der Waals surface area contributed by atoms with Crippen molar-refractivity contribution in [3.8, 4) is 0 Å². The fraction of sp³-hybridized carbons (Fsp3) is 0.512. The minimum atomic E-state index is -3.93. The molecule has 258 valence electrons. The molecule has 0 saturated heterocycles. The fourth-order valence-electron chi connectivity index (χ4n) is 7.54. The fourth-order valence-corrected chi connectivity index (χ4v) is 9.74. The first-order chi connectivity index (χ1) is 23.4. The van der Waals surface area contributed by atoms with E-state index in [1.807, 2.05) is 80.6 Å². The van der Waals surface area contributed by atoms with Crippen molar-refractivity contribution in [1.82, 2.24) is 4.31 Å². The Morgan fingerprint density at radius 3 is 1.92 bits per heavy atom. The van der Waals surface area contributed by atoms with Crippen molar-refractivity contribution in [2.75, 3.05) is 0 Å². The lowest BCUT2D eigenvalue weighted by Gasteiger charge is -2.37. The summed E-state index contributed by atoms with van der Waals surface area (Å²) in [6.07, 6.45) is 15.5. The van der Waals surface area contributed by atoms with Gasteiger partial charge in [0.05, 0.1) is 10.9 Å². The second-order valence-corrected chi connectivity index (χ2v) is 15.6. The van der Waals surface area contributed by atoms with E-state index in [4.69, 9.17) is 9.39 Å². The Labute approximate surface area is 291 Å². The van der Waals surface area contributed by atoms with Crippen molar-refractivity contribution in [2.45, 2.75) is 141 Å². The molecule has 0 unspecified atom stereocenters. The van der Waals surface area contributed by atoms with Crippen molar-refractivity contribution >= 4 is 16.9 Å². The van der Waals surface area contributed by atoms with Gasteiger partial charge in [-0.05, 0) is 117 Å². The van der Waals surface area contributed by atoms with Crippen LogP contribution in [0.2, 0.25) is 12.6 Å². The van der Waals surface area contributed by atoms with Crippen LogP contribution in [0.5, 0.6) is 0 Å². The highest BCUT2D eigenvalue weighted by molar-refractivity contribution is 7.89. The number of unbranched alkanes of at least 4 members (excludes halogenated alkanes) is 2. The third-order valence-corrected chi connectivity index (χ3v) is 12.3. The molecule has 0 aromatic heterocycles. The normalized spacial score (nSPS) is 16.1. The number of hydrogen-bond acceptors (Lipinski definition) is 4. The summed E-state index contributed by atoms with van der Waals surface area (Å²) >= 11 is 0. The van der Waals surface area contributed by atoms with Crippen molar-refractivity contribution in [1.29, 1.82) is 0 Å². The van der Waals surface area contributed by atoms with E-state index in [1.165, 1.54) is 11.1 Å². The monoisotopic (exact) mass is 669 g/mol. The van der Waals surface area contributed by atoms with E-state index >= 15 is 8.42 Å². The van der Waals surface area contributed by atoms with Gasteiger partial charge in [-0.3, -0.25) is 0 Å². The van der Waals surface area contributed by atoms with E-state index in [9.17, 15) is 0 Å². The van der Waals surface area contributed by atoms with Gasteiger partial charge >= 0.3 is 6.92 Å². The van der Waals surface area contributed by atoms with Crippen molar-refractivity contribution in [3.63, 3.8) is 0 Å². The first-order valence-corrected chi connectivity index (χ1v) is 20.1. The average molecular weight is 670 g/mol. The smallest absolute Gasteiger partial charge is 0.361 e. The maximum atomic E-state index is 15.5. The van der Waals surface area contributed by atoms with Gasteiger partial charge in [-0.15, -0.1) is 0 Å². The Bertz CT molecular complexity index is 1550. The number of aryl methyl sites for hydroxylation is 2. The second-order valence-electron chi connectivity index (χ2n) is 13.8. The van der Waals surface area contributed by atoms with Crippen LogP contribution in [-0.2, 0) is 51.6 Å². The largest absolute Gasteiger partial charge is 0.536 e. The first-order valence-electron chi connectivity index (χ1n) is 18.6. The van der Waals surface area contributed by atoms with E-state index in [2.05, 4.69) is 19.9 Å². The molecule has 0 N–H and O–H groups in total. The van der Waals surface area contributed by atoms with Crippen LogP contribution in [0, 0.1) is 0 Å². The summed E-state index contributed by atoms with van der Waals surface area (Å²) in [5, 5.41) is 0. The van der Waals surface area contributed by atoms with Crippen LogP contribution in [0.15, 0.2) is 83.6 Å². The highest BCUT2D eigenvalue weighted by Gasteiger charge is 2.40. The van der Waals surface area contributed by atoms with Crippen LogP contribution in [-0.4, -0.2) is 25.7 Å². The number of hydrogen-bond donors (Lipinski definition) is 0. The molecule has 2 aliphatic carbocycles.